The summed E-state index contributed by atoms with van der Waals surface area (Å²) in [5, 5.41) is 18.5. The predicted octanol–water partition coefficient (Wildman–Crippen LogP) is 0.551. The molecule has 0 aliphatic carbocycles. The van der Waals surface area contributed by atoms with Gasteiger partial charge in [0.25, 0.3) is 0 Å². The Morgan fingerprint density at radius 2 is 2.29 bits per heavy atom. The second-order valence-corrected chi connectivity index (χ2v) is 4.07. The van der Waals surface area contributed by atoms with Crippen LogP contribution in [0.25, 0.3) is 0 Å². The van der Waals surface area contributed by atoms with Crippen LogP contribution in [0.15, 0.2) is 12.4 Å². The SMILES string of the molecule is CCC(CO)NC(=O)NC(C)c1cnn(C)c1. The molecule has 1 rings (SSSR count). The second-order valence-electron chi connectivity index (χ2n) is 4.07. The summed E-state index contributed by atoms with van der Waals surface area (Å²) in [4.78, 5) is 11.6. The fraction of sp³-hybridized carbons (Fsp3) is 0.636. The summed E-state index contributed by atoms with van der Waals surface area (Å²) < 4.78 is 1.69. The topological polar surface area (TPSA) is 79.2 Å². The van der Waals surface area contributed by atoms with Crippen molar-refractivity contribution in [2.24, 2.45) is 7.05 Å². The minimum atomic E-state index is -0.276. The highest BCUT2D eigenvalue weighted by Crippen LogP contribution is 2.09. The van der Waals surface area contributed by atoms with E-state index in [1.54, 1.807) is 10.9 Å². The Morgan fingerprint density at radius 3 is 2.76 bits per heavy atom. The van der Waals surface area contributed by atoms with E-state index < -0.39 is 0 Å². The third-order valence-corrected chi connectivity index (χ3v) is 2.62. The summed E-state index contributed by atoms with van der Waals surface area (Å²) in [5.41, 5.74) is 0.944. The van der Waals surface area contributed by atoms with Crippen LogP contribution < -0.4 is 10.6 Å². The van der Waals surface area contributed by atoms with Crippen molar-refractivity contribution in [2.45, 2.75) is 32.4 Å². The van der Waals surface area contributed by atoms with Gasteiger partial charge in [0.2, 0.25) is 0 Å². The molecule has 6 heteroatoms. The zero-order valence-corrected chi connectivity index (χ0v) is 10.5. The van der Waals surface area contributed by atoms with Crippen molar-refractivity contribution in [1.29, 1.82) is 0 Å². The number of nitrogens with zero attached hydrogens (tertiary/aromatic N) is 2. The number of nitrogens with one attached hydrogen (secondary N) is 2. The number of amides is 2. The first-order valence-corrected chi connectivity index (χ1v) is 5.73. The first kappa shape index (κ1) is 13.5. The Bertz CT molecular complexity index is 360. The van der Waals surface area contributed by atoms with Crippen LogP contribution in [-0.4, -0.2) is 33.6 Å². The number of carbonyl (C=O) groups is 1. The molecule has 0 fully saturated rings. The summed E-state index contributed by atoms with van der Waals surface area (Å²) in [6.45, 7) is 3.74. The Morgan fingerprint density at radius 1 is 1.59 bits per heavy atom. The summed E-state index contributed by atoms with van der Waals surface area (Å²) in [5.74, 6) is 0. The maximum Gasteiger partial charge on any atom is 0.315 e. The van der Waals surface area contributed by atoms with Crippen molar-refractivity contribution in [3.63, 3.8) is 0 Å². The zero-order chi connectivity index (χ0) is 12.8. The Balaban J connectivity index is 2.45. The van der Waals surface area contributed by atoms with Crippen LogP contribution in [0, 0.1) is 0 Å². The third-order valence-electron chi connectivity index (χ3n) is 2.62. The minimum Gasteiger partial charge on any atom is -0.394 e. The lowest BCUT2D eigenvalue weighted by atomic mass is 10.2. The molecule has 1 aromatic heterocycles. The molecule has 0 saturated heterocycles. The number of aryl methyl sites for hydroxylation is 1. The molecule has 2 amide bonds. The van der Waals surface area contributed by atoms with Crippen LogP contribution in [-0.2, 0) is 7.05 Å². The number of urea groups is 1. The lowest BCUT2D eigenvalue weighted by Gasteiger charge is -2.17. The lowest BCUT2D eigenvalue weighted by molar-refractivity contribution is 0.212. The minimum absolute atomic E-state index is 0.0504. The standard InChI is InChI=1S/C11H20N4O2/c1-4-10(7-16)14-11(17)13-8(2)9-5-12-15(3)6-9/h5-6,8,10,16H,4,7H2,1-3H3,(H2,13,14,17). The van der Waals surface area contributed by atoms with Crippen molar-refractivity contribution < 1.29 is 9.90 Å². The van der Waals surface area contributed by atoms with E-state index in [4.69, 9.17) is 5.11 Å². The van der Waals surface area contributed by atoms with E-state index in [-0.39, 0.29) is 24.7 Å². The molecule has 0 bridgehead atoms. The molecule has 2 atom stereocenters. The molecule has 1 aromatic rings. The van der Waals surface area contributed by atoms with Crippen LogP contribution in [0.4, 0.5) is 4.79 Å². The van der Waals surface area contributed by atoms with Gasteiger partial charge in [-0.2, -0.15) is 5.10 Å². The summed E-state index contributed by atoms with van der Waals surface area (Å²) >= 11 is 0. The number of rotatable bonds is 5. The van der Waals surface area contributed by atoms with Gasteiger partial charge in [-0.1, -0.05) is 6.92 Å². The molecule has 0 aliphatic rings. The van der Waals surface area contributed by atoms with Crippen LogP contribution in [0.2, 0.25) is 0 Å². The van der Waals surface area contributed by atoms with Crippen molar-refractivity contribution in [2.75, 3.05) is 6.61 Å². The van der Waals surface area contributed by atoms with E-state index in [2.05, 4.69) is 15.7 Å². The Labute approximate surface area is 101 Å². The molecule has 1 heterocycles. The van der Waals surface area contributed by atoms with Crippen molar-refractivity contribution in [1.82, 2.24) is 20.4 Å². The highest BCUT2D eigenvalue weighted by molar-refractivity contribution is 5.74. The predicted molar refractivity (Wildman–Crippen MR) is 64.5 cm³/mol. The first-order chi connectivity index (χ1) is 8.06. The summed E-state index contributed by atoms with van der Waals surface area (Å²) in [7, 11) is 1.83. The highest BCUT2D eigenvalue weighted by atomic mass is 16.3. The van der Waals surface area contributed by atoms with Crippen molar-refractivity contribution in [3.05, 3.63) is 18.0 Å². The number of aliphatic hydroxyl groups is 1. The largest absolute Gasteiger partial charge is 0.394 e. The molecule has 3 N–H and O–H groups in total. The molecule has 0 aliphatic heterocycles. The fourth-order valence-corrected chi connectivity index (χ4v) is 1.45. The van der Waals surface area contributed by atoms with E-state index in [0.717, 1.165) is 5.56 Å². The maximum absolute atomic E-state index is 11.6. The first-order valence-electron chi connectivity index (χ1n) is 5.73. The van der Waals surface area contributed by atoms with Gasteiger partial charge in [0.05, 0.1) is 24.9 Å². The monoisotopic (exact) mass is 240 g/mol. The Kier molecular flexibility index (Phi) is 4.96. The molecule has 17 heavy (non-hydrogen) atoms. The van der Waals surface area contributed by atoms with Crippen molar-refractivity contribution >= 4 is 6.03 Å². The van der Waals surface area contributed by atoms with Gasteiger partial charge in [-0.3, -0.25) is 4.68 Å². The average Bonchev–Trinajstić information content (AvgIpc) is 2.72. The molecule has 0 saturated carbocycles. The van der Waals surface area contributed by atoms with Gasteiger partial charge in [-0.05, 0) is 13.3 Å². The van der Waals surface area contributed by atoms with E-state index in [0.29, 0.717) is 6.42 Å². The summed E-state index contributed by atoms with van der Waals surface area (Å²) in [6.07, 6.45) is 4.27. The number of aromatic nitrogens is 2. The van der Waals surface area contributed by atoms with Gasteiger partial charge in [0, 0.05) is 18.8 Å². The van der Waals surface area contributed by atoms with E-state index in [9.17, 15) is 4.79 Å². The molecule has 0 radical (unpaired) electrons. The Hall–Kier alpha value is -1.56. The number of hydrogen-bond donors (Lipinski definition) is 3. The van der Waals surface area contributed by atoms with Gasteiger partial charge >= 0.3 is 6.03 Å². The smallest absolute Gasteiger partial charge is 0.315 e. The van der Waals surface area contributed by atoms with Gasteiger partial charge in [0.15, 0.2) is 0 Å². The summed E-state index contributed by atoms with van der Waals surface area (Å²) in [6, 6.07) is -0.585. The molecular weight excluding hydrogens is 220 g/mol. The number of aliphatic hydroxyl groups excluding tert-OH is 1. The van der Waals surface area contributed by atoms with Gasteiger partial charge < -0.3 is 15.7 Å². The normalized spacial score (nSPS) is 14.1. The second kappa shape index (κ2) is 6.24. The lowest BCUT2D eigenvalue weighted by Crippen LogP contribution is -2.44. The molecule has 96 valence electrons. The van der Waals surface area contributed by atoms with E-state index in [1.807, 2.05) is 27.1 Å². The number of hydrogen-bond acceptors (Lipinski definition) is 3. The molecule has 2 unspecified atom stereocenters. The molecular formula is C11H20N4O2. The van der Waals surface area contributed by atoms with Crippen LogP contribution in [0.1, 0.15) is 31.9 Å². The van der Waals surface area contributed by atoms with Crippen LogP contribution >= 0.6 is 0 Å². The average molecular weight is 240 g/mol. The van der Waals surface area contributed by atoms with E-state index >= 15 is 0 Å². The van der Waals surface area contributed by atoms with Crippen LogP contribution in [0.3, 0.4) is 0 Å². The third kappa shape index (κ3) is 4.07. The maximum atomic E-state index is 11.6. The van der Waals surface area contributed by atoms with Gasteiger partial charge in [-0.25, -0.2) is 4.79 Å². The molecule has 6 nitrogen and oxygen atoms in total. The van der Waals surface area contributed by atoms with E-state index in [1.165, 1.54) is 0 Å². The van der Waals surface area contributed by atoms with Gasteiger partial charge in [-0.15, -0.1) is 0 Å². The molecule has 0 aromatic carbocycles. The zero-order valence-electron chi connectivity index (χ0n) is 10.5. The number of carbonyl (C=O) groups excluding carboxylic acids is 1. The van der Waals surface area contributed by atoms with Gasteiger partial charge in [0.1, 0.15) is 0 Å². The quantitative estimate of drug-likeness (QED) is 0.703. The fourth-order valence-electron chi connectivity index (χ4n) is 1.45. The molecule has 0 spiro atoms. The van der Waals surface area contributed by atoms with Crippen molar-refractivity contribution in [3.8, 4) is 0 Å². The van der Waals surface area contributed by atoms with Crippen LogP contribution in [0.5, 0.6) is 0 Å². The highest BCUT2D eigenvalue weighted by Gasteiger charge is 2.13.